The largest absolute Gasteiger partial charge is 0.481 e. The van der Waals surface area contributed by atoms with Crippen molar-refractivity contribution < 1.29 is 14.6 Å². The highest BCUT2D eigenvalue weighted by Crippen LogP contribution is 2.29. The highest BCUT2D eigenvalue weighted by Gasteiger charge is 2.30. The number of carboxylic acids is 1. The number of ether oxygens (including phenoxy) is 1. The number of hydrogen-bond donors (Lipinski definition) is 1. The van der Waals surface area contributed by atoms with Crippen LogP contribution in [0, 0.1) is 5.92 Å². The Labute approximate surface area is 105 Å². The van der Waals surface area contributed by atoms with E-state index in [1.807, 2.05) is 4.68 Å². The summed E-state index contributed by atoms with van der Waals surface area (Å²) in [6.45, 7) is 1.50. The van der Waals surface area contributed by atoms with E-state index in [-0.39, 0.29) is 5.92 Å². The molecule has 1 atom stereocenters. The van der Waals surface area contributed by atoms with Crippen LogP contribution < -0.4 is 0 Å². The molecular formula is C12H17N3O3. The van der Waals surface area contributed by atoms with Crippen LogP contribution in [-0.2, 0) is 22.4 Å². The first kappa shape index (κ1) is 11.6. The molecule has 1 aromatic heterocycles. The highest BCUT2D eigenvalue weighted by molar-refractivity contribution is 5.70. The van der Waals surface area contributed by atoms with Gasteiger partial charge in [0.25, 0.3) is 0 Å². The van der Waals surface area contributed by atoms with Gasteiger partial charge in [-0.05, 0) is 25.7 Å². The van der Waals surface area contributed by atoms with E-state index < -0.39 is 5.97 Å². The van der Waals surface area contributed by atoms with Gasteiger partial charge in [-0.25, -0.2) is 4.68 Å². The number of carboxylic acid groups (broad SMARTS) is 1. The first-order chi connectivity index (χ1) is 8.75. The van der Waals surface area contributed by atoms with E-state index in [0.29, 0.717) is 18.9 Å². The molecule has 1 aliphatic carbocycles. The Bertz CT molecular complexity index is 451. The molecule has 1 N–H and O–H groups in total. The van der Waals surface area contributed by atoms with Crippen LogP contribution in [0.15, 0.2) is 0 Å². The molecule has 0 aromatic carbocycles. The lowest BCUT2D eigenvalue weighted by molar-refractivity contribution is -0.142. The Hall–Kier alpha value is -1.43. The molecule has 1 aliphatic heterocycles. The van der Waals surface area contributed by atoms with E-state index in [0.717, 1.165) is 43.9 Å². The van der Waals surface area contributed by atoms with Gasteiger partial charge in [0.1, 0.15) is 0 Å². The van der Waals surface area contributed by atoms with E-state index in [4.69, 9.17) is 9.84 Å². The van der Waals surface area contributed by atoms with Crippen LogP contribution in [0.25, 0.3) is 0 Å². The third-order valence-corrected chi connectivity index (χ3v) is 3.93. The number of aromatic nitrogens is 3. The molecule has 1 saturated heterocycles. The third-order valence-electron chi connectivity index (χ3n) is 3.93. The molecule has 1 fully saturated rings. The standard InChI is InChI=1S/C12H17N3O3/c16-12(17)8-1-2-10-11(7-8)15(14-13-10)9-3-5-18-6-4-9/h8-9H,1-7H2,(H,16,17)/t8-/m1/s1. The van der Waals surface area contributed by atoms with Gasteiger partial charge in [-0.2, -0.15) is 0 Å². The fraction of sp³-hybridized carbons (Fsp3) is 0.750. The Balaban J connectivity index is 1.84. The second-order valence-electron chi connectivity index (χ2n) is 5.05. The average molecular weight is 251 g/mol. The van der Waals surface area contributed by atoms with Crippen LogP contribution in [-0.4, -0.2) is 39.3 Å². The number of aryl methyl sites for hydroxylation is 1. The van der Waals surface area contributed by atoms with Gasteiger partial charge in [0.2, 0.25) is 0 Å². The second kappa shape index (κ2) is 4.68. The Morgan fingerprint density at radius 2 is 2.11 bits per heavy atom. The van der Waals surface area contributed by atoms with Crippen LogP contribution in [0.5, 0.6) is 0 Å². The molecule has 1 aromatic rings. The SMILES string of the molecule is O=C(O)[C@@H]1CCc2nnn(C3CCOCC3)c2C1. The zero-order valence-corrected chi connectivity index (χ0v) is 10.2. The quantitative estimate of drug-likeness (QED) is 0.842. The number of aliphatic carboxylic acids is 1. The van der Waals surface area contributed by atoms with Crippen molar-refractivity contribution in [2.24, 2.45) is 5.92 Å². The summed E-state index contributed by atoms with van der Waals surface area (Å²) in [7, 11) is 0. The van der Waals surface area contributed by atoms with Crippen LogP contribution >= 0.6 is 0 Å². The highest BCUT2D eigenvalue weighted by atomic mass is 16.5. The van der Waals surface area contributed by atoms with Crippen molar-refractivity contribution in [3.63, 3.8) is 0 Å². The number of fused-ring (bicyclic) bond motifs is 1. The normalized spacial score (nSPS) is 24.8. The molecule has 0 radical (unpaired) electrons. The van der Waals surface area contributed by atoms with E-state index in [9.17, 15) is 4.79 Å². The zero-order valence-electron chi connectivity index (χ0n) is 10.2. The third kappa shape index (κ3) is 2.01. The summed E-state index contributed by atoms with van der Waals surface area (Å²) in [5, 5.41) is 17.6. The van der Waals surface area contributed by atoms with E-state index in [2.05, 4.69) is 10.3 Å². The van der Waals surface area contributed by atoms with Crippen molar-refractivity contribution in [2.75, 3.05) is 13.2 Å². The lowest BCUT2D eigenvalue weighted by Crippen LogP contribution is -2.27. The number of rotatable bonds is 2. The summed E-state index contributed by atoms with van der Waals surface area (Å²) in [6, 6.07) is 0.322. The fourth-order valence-electron chi connectivity index (χ4n) is 2.83. The first-order valence-electron chi connectivity index (χ1n) is 6.49. The van der Waals surface area contributed by atoms with Gasteiger partial charge in [-0.1, -0.05) is 5.21 Å². The minimum atomic E-state index is -0.708. The molecule has 3 rings (SSSR count). The van der Waals surface area contributed by atoms with E-state index in [1.165, 1.54) is 0 Å². The van der Waals surface area contributed by atoms with Gasteiger partial charge in [0, 0.05) is 19.6 Å². The smallest absolute Gasteiger partial charge is 0.306 e. The summed E-state index contributed by atoms with van der Waals surface area (Å²) in [5.74, 6) is -0.991. The Morgan fingerprint density at radius 1 is 1.33 bits per heavy atom. The van der Waals surface area contributed by atoms with Gasteiger partial charge in [0.05, 0.1) is 23.3 Å². The first-order valence-corrected chi connectivity index (χ1v) is 6.49. The Kier molecular flexibility index (Phi) is 3.03. The minimum Gasteiger partial charge on any atom is -0.481 e. The fourth-order valence-corrected chi connectivity index (χ4v) is 2.83. The maximum Gasteiger partial charge on any atom is 0.306 e. The zero-order chi connectivity index (χ0) is 12.5. The molecule has 0 unspecified atom stereocenters. The lowest BCUT2D eigenvalue weighted by Gasteiger charge is -2.25. The van der Waals surface area contributed by atoms with Gasteiger partial charge in [-0.3, -0.25) is 4.79 Å². The molecule has 0 spiro atoms. The van der Waals surface area contributed by atoms with E-state index in [1.54, 1.807) is 0 Å². The number of nitrogens with zero attached hydrogens (tertiary/aromatic N) is 3. The molecule has 0 bridgehead atoms. The molecule has 0 amide bonds. The number of carbonyl (C=O) groups is 1. The summed E-state index contributed by atoms with van der Waals surface area (Å²) in [4.78, 5) is 11.1. The van der Waals surface area contributed by atoms with Gasteiger partial charge >= 0.3 is 5.97 Å². The molecular weight excluding hydrogens is 234 g/mol. The maximum absolute atomic E-state index is 11.1. The predicted molar refractivity (Wildman–Crippen MR) is 62.3 cm³/mol. The van der Waals surface area contributed by atoms with Crippen LogP contribution in [0.4, 0.5) is 0 Å². The lowest BCUT2D eigenvalue weighted by atomic mass is 9.89. The maximum atomic E-state index is 11.1. The van der Waals surface area contributed by atoms with Crippen molar-refractivity contribution in [2.45, 2.75) is 38.1 Å². The molecule has 18 heavy (non-hydrogen) atoms. The van der Waals surface area contributed by atoms with Crippen molar-refractivity contribution in [1.29, 1.82) is 0 Å². The Morgan fingerprint density at radius 3 is 2.83 bits per heavy atom. The van der Waals surface area contributed by atoms with Crippen molar-refractivity contribution in [3.05, 3.63) is 11.4 Å². The van der Waals surface area contributed by atoms with Gasteiger partial charge in [-0.15, -0.1) is 5.10 Å². The molecule has 6 nitrogen and oxygen atoms in total. The molecule has 2 heterocycles. The van der Waals surface area contributed by atoms with Crippen LogP contribution in [0.2, 0.25) is 0 Å². The van der Waals surface area contributed by atoms with Crippen molar-refractivity contribution in [3.8, 4) is 0 Å². The summed E-state index contributed by atoms with van der Waals surface area (Å²) < 4.78 is 7.30. The summed E-state index contributed by atoms with van der Waals surface area (Å²) in [5.41, 5.74) is 2.01. The molecule has 98 valence electrons. The van der Waals surface area contributed by atoms with Crippen LogP contribution in [0.3, 0.4) is 0 Å². The molecule has 6 heteroatoms. The summed E-state index contributed by atoms with van der Waals surface area (Å²) >= 11 is 0. The predicted octanol–water partition coefficient (Wildman–Crippen LogP) is 0.819. The van der Waals surface area contributed by atoms with E-state index >= 15 is 0 Å². The average Bonchev–Trinajstić information content (AvgIpc) is 2.82. The topological polar surface area (TPSA) is 77.2 Å². The summed E-state index contributed by atoms with van der Waals surface area (Å²) in [6.07, 6.45) is 3.85. The van der Waals surface area contributed by atoms with Crippen molar-refractivity contribution >= 4 is 5.97 Å². The molecule has 2 aliphatic rings. The van der Waals surface area contributed by atoms with Crippen molar-refractivity contribution in [1.82, 2.24) is 15.0 Å². The monoisotopic (exact) mass is 251 g/mol. The molecule has 0 saturated carbocycles. The van der Waals surface area contributed by atoms with Gasteiger partial charge in [0.15, 0.2) is 0 Å². The van der Waals surface area contributed by atoms with Gasteiger partial charge < -0.3 is 9.84 Å². The van der Waals surface area contributed by atoms with Crippen LogP contribution in [0.1, 0.15) is 36.7 Å². The number of hydrogen-bond acceptors (Lipinski definition) is 4. The minimum absolute atomic E-state index is 0.283. The second-order valence-corrected chi connectivity index (χ2v) is 5.05.